The van der Waals surface area contributed by atoms with Crippen LogP contribution >= 0.6 is 0 Å². The lowest BCUT2D eigenvalue weighted by atomic mass is 9.73. The summed E-state index contributed by atoms with van der Waals surface area (Å²) in [7, 11) is 3.27. The van der Waals surface area contributed by atoms with Gasteiger partial charge in [-0.3, -0.25) is 4.79 Å². The fourth-order valence-corrected chi connectivity index (χ4v) is 7.72. The number of carbonyl (C=O) groups excluding carboxylic acids is 2. The third-order valence-corrected chi connectivity index (χ3v) is 11.3. The van der Waals surface area contributed by atoms with Crippen molar-refractivity contribution in [2.24, 2.45) is 22.0 Å². The van der Waals surface area contributed by atoms with Gasteiger partial charge in [0.2, 0.25) is 0 Å². The molecule has 2 fully saturated rings. The van der Waals surface area contributed by atoms with Gasteiger partial charge in [-0.2, -0.15) is 0 Å². The Labute approximate surface area is 340 Å². The second-order valence-electron chi connectivity index (χ2n) is 19.6. The number of methoxy groups -OCH3 is 1. The highest BCUT2D eigenvalue weighted by Crippen LogP contribution is 2.40. The highest BCUT2D eigenvalue weighted by molar-refractivity contribution is 5.69. The van der Waals surface area contributed by atoms with Gasteiger partial charge in [-0.15, -0.1) is 0 Å². The van der Waals surface area contributed by atoms with E-state index in [0.717, 1.165) is 55.4 Å². The van der Waals surface area contributed by atoms with Crippen molar-refractivity contribution in [1.82, 2.24) is 5.32 Å². The molecule has 318 valence electrons. The molecule has 2 aromatic rings. The second-order valence-corrected chi connectivity index (χ2v) is 19.6. The Morgan fingerprint density at radius 1 is 0.857 bits per heavy atom. The molecule has 1 atom stereocenters. The number of hydrogen-bond donors (Lipinski definition) is 3. The number of aryl methyl sites for hydroxylation is 4. The molecule has 4 rings (SSSR count). The maximum atomic E-state index is 12.7. The number of esters is 1. The number of piperidine rings is 1. The fourth-order valence-electron chi connectivity index (χ4n) is 7.72. The first-order chi connectivity index (χ1) is 25.9. The van der Waals surface area contributed by atoms with Crippen LogP contribution in [0.1, 0.15) is 134 Å². The molecule has 2 aromatic carbocycles. The normalized spacial score (nSPS) is 20.4. The first kappa shape index (κ1) is 49.3. The number of benzene rings is 2. The Morgan fingerprint density at radius 3 is 1.93 bits per heavy atom. The van der Waals surface area contributed by atoms with Crippen LogP contribution in [-0.4, -0.2) is 76.8 Å². The van der Waals surface area contributed by atoms with Crippen LogP contribution in [0.4, 0.5) is 0 Å². The van der Waals surface area contributed by atoms with Crippen molar-refractivity contribution in [3.8, 4) is 5.75 Å². The number of aromatic hydroxyl groups is 1. The van der Waals surface area contributed by atoms with Gasteiger partial charge >= 0.3 is 5.97 Å². The summed E-state index contributed by atoms with van der Waals surface area (Å²) in [6.07, 6.45) is 5.00. The van der Waals surface area contributed by atoms with Crippen LogP contribution in [0.3, 0.4) is 0 Å². The smallest absolute Gasteiger partial charge is 0.306 e. The van der Waals surface area contributed by atoms with Crippen LogP contribution in [0, 0.1) is 37.0 Å². The molecular weight excluding hydrogens is 705 g/mol. The van der Waals surface area contributed by atoms with E-state index >= 15 is 0 Å². The average Bonchev–Trinajstić information content (AvgIpc) is 3.12. The molecule has 9 nitrogen and oxygen atoms in total. The summed E-state index contributed by atoms with van der Waals surface area (Å²) in [5, 5.41) is 13.7. The van der Waals surface area contributed by atoms with Crippen LogP contribution in [0.5, 0.6) is 5.75 Å². The van der Waals surface area contributed by atoms with E-state index in [1.54, 1.807) is 7.11 Å². The Bertz CT molecular complexity index is 1550. The summed E-state index contributed by atoms with van der Waals surface area (Å²) in [4.78, 5) is 23.0. The van der Waals surface area contributed by atoms with Gasteiger partial charge in [0, 0.05) is 48.8 Å². The highest BCUT2D eigenvalue weighted by atomic mass is 16.7. The van der Waals surface area contributed by atoms with Crippen LogP contribution < -0.4 is 11.1 Å². The van der Waals surface area contributed by atoms with Crippen LogP contribution in [0.25, 0.3) is 0 Å². The van der Waals surface area contributed by atoms with Gasteiger partial charge in [0.25, 0.3) is 0 Å². The lowest BCUT2D eigenvalue weighted by molar-refractivity contribution is -0.278. The van der Waals surface area contributed by atoms with E-state index in [0.29, 0.717) is 44.3 Å². The van der Waals surface area contributed by atoms with Gasteiger partial charge in [0.05, 0.1) is 19.8 Å². The Hall–Kier alpha value is -2.82. The van der Waals surface area contributed by atoms with E-state index in [2.05, 4.69) is 92.4 Å². The number of carbonyl (C=O) groups is 2. The minimum atomic E-state index is -0.428. The third kappa shape index (κ3) is 13.9. The van der Waals surface area contributed by atoms with Gasteiger partial charge in [-0.25, -0.2) is 0 Å². The molecule has 0 amide bonds. The van der Waals surface area contributed by atoms with Crippen molar-refractivity contribution in [3.63, 3.8) is 0 Å². The maximum absolute atomic E-state index is 12.7. The SMILES string of the molecule is CN.COCC(C)(C)C1CCC2(CN1)COC(C(C)(C)COC(=O)CCc1cc(C)c(C)c(C(C)(C)C)c1)OC2.Cc1cc(CCC=O)cc(C(C)(C)C)c1O. The van der Waals surface area contributed by atoms with Crippen molar-refractivity contribution in [3.05, 3.63) is 63.2 Å². The summed E-state index contributed by atoms with van der Waals surface area (Å²) in [6, 6.07) is 8.83. The maximum Gasteiger partial charge on any atom is 0.306 e. The van der Waals surface area contributed by atoms with Crippen molar-refractivity contribution in [2.75, 3.05) is 47.1 Å². The van der Waals surface area contributed by atoms with Gasteiger partial charge in [0.1, 0.15) is 18.6 Å². The predicted octanol–water partition coefficient (Wildman–Crippen LogP) is 8.59. The van der Waals surface area contributed by atoms with E-state index in [4.69, 9.17) is 18.9 Å². The molecule has 2 heterocycles. The van der Waals surface area contributed by atoms with Crippen molar-refractivity contribution < 1.29 is 33.6 Å². The largest absolute Gasteiger partial charge is 0.507 e. The zero-order valence-corrected chi connectivity index (χ0v) is 37.8. The van der Waals surface area contributed by atoms with Gasteiger partial charge in [-0.05, 0) is 103 Å². The van der Waals surface area contributed by atoms with Crippen LogP contribution in [0.2, 0.25) is 0 Å². The van der Waals surface area contributed by atoms with E-state index < -0.39 is 11.7 Å². The Balaban J connectivity index is 0.000000502. The Morgan fingerprint density at radius 2 is 1.41 bits per heavy atom. The van der Waals surface area contributed by atoms with Gasteiger partial charge < -0.3 is 39.9 Å². The quantitative estimate of drug-likeness (QED) is 0.143. The number of aldehydes is 1. The molecule has 0 aromatic heterocycles. The number of rotatable bonds is 12. The van der Waals surface area contributed by atoms with Gasteiger partial charge in [0.15, 0.2) is 6.29 Å². The van der Waals surface area contributed by atoms with Crippen molar-refractivity contribution in [2.45, 2.75) is 152 Å². The third-order valence-electron chi connectivity index (χ3n) is 11.3. The number of phenols is 1. The average molecular weight is 783 g/mol. The lowest BCUT2D eigenvalue weighted by Crippen LogP contribution is -2.59. The molecule has 4 N–H and O–H groups in total. The molecule has 9 heteroatoms. The minimum Gasteiger partial charge on any atom is -0.507 e. The number of hydrogen-bond acceptors (Lipinski definition) is 9. The van der Waals surface area contributed by atoms with E-state index in [1.165, 1.54) is 29.3 Å². The zero-order chi connectivity index (χ0) is 42.7. The zero-order valence-electron chi connectivity index (χ0n) is 37.8. The monoisotopic (exact) mass is 783 g/mol. The summed E-state index contributed by atoms with van der Waals surface area (Å²) in [6.45, 7) is 30.9. The first-order valence-corrected chi connectivity index (χ1v) is 20.5. The van der Waals surface area contributed by atoms with Crippen molar-refractivity contribution >= 4 is 12.3 Å². The minimum absolute atomic E-state index is 0.000978. The van der Waals surface area contributed by atoms with E-state index in [-0.39, 0.29) is 34.2 Å². The molecule has 2 aliphatic heterocycles. The number of nitrogens with one attached hydrogen (secondary N) is 1. The van der Waals surface area contributed by atoms with Crippen molar-refractivity contribution in [1.29, 1.82) is 0 Å². The fraction of sp³-hybridized carbons (Fsp3) is 0.702. The molecule has 0 radical (unpaired) electrons. The molecule has 2 aliphatic rings. The number of nitrogens with two attached hydrogens (primary N) is 1. The molecule has 1 unspecified atom stereocenters. The summed E-state index contributed by atoms with van der Waals surface area (Å²) in [5.74, 6) is 0.199. The molecule has 0 aliphatic carbocycles. The first-order valence-electron chi connectivity index (χ1n) is 20.5. The molecular formula is C47H78N2O7. The van der Waals surface area contributed by atoms with E-state index in [1.807, 2.05) is 32.9 Å². The molecule has 0 saturated carbocycles. The molecule has 1 spiro atoms. The van der Waals surface area contributed by atoms with Crippen LogP contribution in [-0.2, 0) is 52.2 Å². The number of phenolic OH excluding ortho intramolecular Hbond substituents is 1. The highest BCUT2D eigenvalue weighted by Gasteiger charge is 2.46. The predicted molar refractivity (Wildman–Crippen MR) is 229 cm³/mol. The summed E-state index contributed by atoms with van der Waals surface area (Å²) in [5.41, 5.74) is 12.2. The number of ether oxygens (including phenoxy) is 4. The molecule has 56 heavy (non-hydrogen) atoms. The topological polar surface area (TPSA) is 129 Å². The lowest BCUT2D eigenvalue weighted by Gasteiger charge is -2.49. The van der Waals surface area contributed by atoms with E-state index in [9.17, 15) is 14.7 Å². The second kappa shape index (κ2) is 20.7. The Kier molecular flexibility index (Phi) is 18.3. The standard InChI is InChI=1S/C32H53NO5.C14H20O2.CH5N/c1-22-15-24(16-25(23(22)2)29(3,4)5)11-12-27(34)36-19-31(8,9)28-37-20-32(21-38-28)14-13-26(33-17-32)30(6,7)18-35-10;1-10-8-11(6-5-7-15)9-12(13(10)16)14(2,3)4;1-2/h15-16,26,28,33H,11-14,17-21H2,1-10H3;7-9,16H,5-6H2,1-4H3;2H2,1H3. The van der Waals surface area contributed by atoms with Gasteiger partial charge in [-0.1, -0.05) is 93.5 Å². The molecule has 0 bridgehead atoms. The molecule has 2 saturated heterocycles. The van der Waals surface area contributed by atoms with Crippen LogP contribution in [0.15, 0.2) is 24.3 Å². The summed E-state index contributed by atoms with van der Waals surface area (Å²) >= 11 is 0. The summed E-state index contributed by atoms with van der Waals surface area (Å²) < 4.78 is 23.7.